The largest absolute Gasteiger partial charge is 0.439 e. The monoisotopic (exact) mass is 375 g/mol. The van der Waals surface area contributed by atoms with Crippen LogP contribution in [-0.2, 0) is 0 Å². The van der Waals surface area contributed by atoms with Crippen molar-refractivity contribution < 1.29 is 7.56 Å². The molecule has 28 heavy (non-hydrogen) atoms. The van der Waals surface area contributed by atoms with Gasteiger partial charge in [-0.15, -0.1) is 5.10 Å². The van der Waals surface area contributed by atoms with Gasteiger partial charge in [-0.25, -0.2) is 4.98 Å². The molecule has 0 bridgehead atoms. The zero-order chi connectivity index (χ0) is 21.1. The Morgan fingerprint density at radius 1 is 1.04 bits per heavy atom. The average Bonchev–Trinajstić information content (AvgIpc) is 3.16. The van der Waals surface area contributed by atoms with Gasteiger partial charge in [-0.2, -0.15) is 9.97 Å². The molecule has 0 aliphatic carbocycles. The number of nitrogens with one attached hydrogen (secondary N) is 2. The third kappa shape index (κ3) is 4.07. The van der Waals surface area contributed by atoms with Gasteiger partial charge in [0.2, 0.25) is 17.8 Å². The highest BCUT2D eigenvalue weighted by molar-refractivity contribution is 5.60. The molecule has 2 aromatic carbocycles. The van der Waals surface area contributed by atoms with Crippen LogP contribution in [-0.4, -0.2) is 25.1 Å². The molecule has 0 fully saturated rings. The van der Waals surface area contributed by atoms with Gasteiger partial charge >= 0.3 is 0 Å². The first-order chi connectivity index (χ1) is 14.5. The number of aromatic amines is 1. The molecule has 0 amide bonds. The number of benzene rings is 2. The van der Waals surface area contributed by atoms with E-state index in [0.29, 0.717) is 28.9 Å². The lowest BCUT2D eigenvalue weighted by atomic mass is 10.2. The van der Waals surface area contributed by atoms with Gasteiger partial charge in [0.1, 0.15) is 5.75 Å². The van der Waals surface area contributed by atoms with Crippen LogP contribution in [0.15, 0.2) is 54.6 Å². The molecule has 2 heterocycles. The summed E-state index contributed by atoms with van der Waals surface area (Å²) in [5.74, 6) is 1.86. The number of nitrogen functional groups attached to an aromatic ring is 1. The summed E-state index contributed by atoms with van der Waals surface area (Å²) in [7, 11) is 0. The quantitative estimate of drug-likeness (QED) is 0.466. The number of ether oxygens (including phenoxy) is 1. The molecule has 0 spiro atoms. The number of H-pyrrole nitrogens is 1. The van der Waals surface area contributed by atoms with Crippen molar-refractivity contribution >= 4 is 17.6 Å². The Morgan fingerprint density at radius 2 is 1.89 bits per heavy atom. The minimum atomic E-state index is -0.0584. The van der Waals surface area contributed by atoms with E-state index >= 15 is 0 Å². The van der Waals surface area contributed by atoms with E-state index in [9.17, 15) is 0 Å². The van der Waals surface area contributed by atoms with Gasteiger partial charge in [0.15, 0.2) is 8.65 Å². The van der Waals surface area contributed by atoms with Crippen LogP contribution in [0.2, 0.25) is 2.82 Å². The zero-order valence-corrected chi connectivity index (χ0v) is 15.3. The number of aromatic nitrogens is 5. The van der Waals surface area contributed by atoms with Crippen molar-refractivity contribution in [3.05, 3.63) is 65.9 Å². The maximum absolute atomic E-state index is 7.30. The molecule has 4 aromatic rings. The summed E-state index contributed by atoms with van der Waals surface area (Å²) < 4.78 is 20.3. The molecule has 0 radical (unpaired) electrons. The Morgan fingerprint density at radius 3 is 2.68 bits per heavy atom. The average molecular weight is 375 g/mol. The number of rotatable bonds is 6. The highest BCUT2D eigenvalue weighted by Gasteiger charge is 2.08. The molecule has 4 rings (SSSR count). The third-order valence-corrected chi connectivity index (χ3v) is 3.93. The lowest BCUT2D eigenvalue weighted by Gasteiger charge is -2.06. The predicted molar refractivity (Wildman–Crippen MR) is 108 cm³/mol. The van der Waals surface area contributed by atoms with Crippen molar-refractivity contribution in [3.8, 4) is 23.0 Å². The van der Waals surface area contributed by atoms with Crippen molar-refractivity contribution in [2.24, 2.45) is 0 Å². The van der Waals surface area contributed by atoms with Crippen LogP contribution in [0.4, 0.5) is 17.6 Å². The highest BCUT2D eigenvalue weighted by atomic mass is 16.5. The molecule has 0 aliphatic heterocycles. The maximum atomic E-state index is 7.30. The lowest BCUT2D eigenvalue weighted by molar-refractivity contribution is 0.462. The minimum absolute atomic E-state index is 0.0584. The number of nitrogens with zero attached hydrogens (tertiary/aromatic N) is 4. The van der Waals surface area contributed by atoms with Crippen LogP contribution < -0.4 is 15.8 Å². The molecule has 0 aliphatic rings. The van der Waals surface area contributed by atoms with Gasteiger partial charge in [-0.05, 0) is 55.8 Å². The standard InChI is InChI=1S/C20H19N7O/c1-12-4-3-5-15(10-12)23-20-25-18(26-27-20)14-6-8-16(9-7-14)28-17-11-13(2)22-19(21)24-17/h3-11H,1-2H3,(H2,21,22,24)(H2,23,25,26,27)/i/hD2. The molecule has 0 unspecified atom stereocenters. The summed E-state index contributed by atoms with van der Waals surface area (Å²) in [5, 5.41) is 10.3. The fourth-order valence-corrected chi connectivity index (χ4v) is 2.68. The Balaban J connectivity index is 1.47. The van der Waals surface area contributed by atoms with E-state index in [1.54, 1.807) is 25.1 Å². The lowest BCUT2D eigenvalue weighted by Crippen LogP contribution is -1.98. The van der Waals surface area contributed by atoms with E-state index < -0.39 is 0 Å². The van der Waals surface area contributed by atoms with Crippen molar-refractivity contribution in [1.29, 1.82) is 0 Å². The van der Waals surface area contributed by atoms with Gasteiger partial charge in [0, 0.05) is 23.0 Å². The first-order valence-corrected chi connectivity index (χ1v) is 8.64. The highest BCUT2D eigenvalue weighted by Crippen LogP contribution is 2.25. The molecule has 2 aromatic heterocycles. The minimum Gasteiger partial charge on any atom is -0.439 e. The number of hydrogen-bond acceptors (Lipinski definition) is 7. The van der Waals surface area contributed by atoms with E-state index in [0.717, 1.165) is 16.8 Å². The van der Waals surface area contributed by atoms with Gasteiger partial charge in [0.05, 0.1) is 0 Å². The molecular formula is C20H19N7O. The first kappa shape index (κ1) is 15.2. The molecule has 0 saturated carbocycles. The van der Waals surface area contributed by atoms with E-state index in [1.807, 2.05) is 43.3 Å². The van der Waals surface area contributed by atoms with E-state index in [1.165, 1.54) is 0 Å². The smallest absolute Gasteiger partial charge is 0.246 e. The zero-order valence-electron chi connectivity index (χ0n) is 17.3. The summed E-state index contributed by atoms with van der Waals surface area (Å²) in [6.07, 6.45) is 0. The summed E-state index contributed by atoms with van der Waals surface area (Å²) >= 11 is 0. The van der Waals surface area contributed by atoms with E-state index in [2.05, 4.69) is 30.5 Å². The number of anilines is 3. The second-order valence-electron chi connectivity index (χ2n) is 6.28. The first-order valence-electron chi connectivity index (χ1n) is 9.54. The second-order valence-corrected chi connectivity index (χ2v) is 6.28. The second kappa shape index (κ2) is 7.36. The molecule has 0 saturated heterocycles. The maximum Gasteiger partial charge on any atom is 0.246 e. The summed E-state index contributed by atoms with van der Waals surface area (Å²) in [6, 6.07) is 16.9. The summed E-state index contributed by atoms with van der Waals surface area (Å²) in [4.78, 5) is 12.5. The SMILES string of the molecule is [2H]N([2H])c1nc(C)cc(Oc2ccc(-c3nc(Nc4cccc(C)c4)n[nH]3)cc2)n1. The number of nitrogens with two attached hydrogens (primary N) is 1. The molecule has 8 heteroatoms. The Bertz CT molecular complexity index is 1160. The Labute approximate surface area is 164 Å². The predicted octanol–water partition coefficient (Wildman–Crippen LogP) is 4.00. The molecule has 140 valence electrons. The normalized spacial score (nSPS) is 11.5. The Kier molecular flexibility index (Phi) is 3.98. The Hall–Kier alpha value is -3.94. The topological polar surface area (TPSA) is 115 Å². The summed E-state index contributed by atoms with van der Waals surface area (Å²) in [5.41, 5.74) is 3.86. The van der Waals surface area contributed by atoms with Crippen molar-refractivity contribution in [2.75, 3.05) is 11.0 Å². The number of aryl methyl sites for hydroxylation is 2. The van der Waals surface area contributed by atoms with Gasteiger partial charge in [-0.1, -0.05) is 12.1 Å². The van der Waals surface area contributed by atoms with Crippen LogP contribution in [0.1, 0.15) is 11.3 Å². The van der Waals surface area contributed by atoms with Crippen molar-refractivity contribution in [3.63, 3.8) is 0 Å². The van der Waals surface area contributed by atoms with E-state index in [4.69, 9.17) is 7.56 Å². The van der Waals surface area contributed by atoms with Crippen LogP contribution in [0, 0.1) is 13.8 Å². The summed E-state index contributed by atoms with van der Waals surface area (Å²) in [6.45, 7) is 3.77. The van der Waals surface area contributed by atoms with Gasteiger partial charge in [0.25, 0.3) is 0 Å². The third-order valence-electron chi connectivity index (χ3n) is 3.93. The van der Waals surface area contributed by atoms with Crippen LogP contribution >= 0.6 is 0 Å². The van der Waals surface area contributed by atoms with Crippen LogP contribution in [0.5, 0.6) is 11.6 Å². The van der Waals surface area contributed by atoms with E-state index in [-0.39, 0.29) is 11.8 Å². The van der Waals surface area contributed by atoms with Gasteiger partial charge in [-0.3, -0.25) is 5.10 Å². The molecule has 8 nitrogen and oxygen atoms in total. The number of hydrogen-bond donors (Lipinski definition) is 3. The fourth-order valence-electron chi connectivity index (χ4n) is 2.68. The molecular weight excluding hydrogens is 354 g/mol. The van der Waals surface area contributed by atoms with Crippen molar-refractivity contribution in [1.82, 2.24) is 25.1 Å². The van der Waals surface area contributed by atoms with Crippen molar-refractivity contribution in [2.45, 2.75) is 13.8 Å². The fraction of sp³-hybridized carbons (Fsp3) is 0.100. The van der Waals surface area contributed by atoms with Crippen LogP contribution in [0.3, 0.4) is 0 Å². The molecule has 4 N–H and O–H groups in total. The van der Waals surface area contributed by atoms with Crippen LogP contribution in [0.25, 0.3) is 11.4 Å². The molecule has 0 atom stereocenters. The van der Waals surface area contributed by atoms with Gasteiger partial charge < -0.3 is 15.8 Å².